The second-order valence-electron chi connectivity index (χ2n) is 4.86. The van der Waals surface area contributed by atoms with Gasteiger partial charge in [-0.2, -0.15) is 0 Å². The first-order chi connectivity index (χ1) is 10.3. The van der Waals surface area contributed by atoms with Gasteiger partial charge in [0.25, 0.3) is 0 Å². The highest BCUT2D eigenvalue weighted by Crippen LogP contribution is 2.18. The van der Waals surface area contributed by atoms with Gasteiger partial charge in [-0.15, -0.1) is 0 Å². The molecule has 1 atom stereocenters. The Kier molecular flexibility index (Phi) is 6.19. The summed E-state index contributed by atoms with van der Waals surface area (Å²) < 4.78 is 11.0. The Hall–Kier alpha value is -1.91. The van der Waals surface area contributed by atoms with Gasteiger partial charge in [-0.1, -0.05) is 30.3 Å². The van der Waals surface area contributed by atoms with Crippen molar-refractivity contribution >= 4 is 0 Å². The summed E-state index contributed by atoms with van der Waals surface area (Å²) in [5.74, 6) is 0.826. The first kappa shape index (κ1) is 15.5. The molecule has 0 bridgehead atoms. The number of benzene rings is 1. The Morgan fingerprint density at radius 1 is 1.19 bits per heavy atom. The van der Waals surface area contributed by atoms with Gasteiger partial charge in [0, 0.05) is 19.9 Å². The lowest BCUT2D eigenvalue weighted by Gasteiger charge is -2.20. The molecule has 0 saturated carbocycles. The summed E-state index contributed by atoms with van der Waals surface area (Å²) >= 11 is 0. The van der Waals surface area contributed by atoms with Crippen molar-refractivity contribution < 1.29 is 9.47 Å². The molecule has 4 heteroatoms. The summed E-state index contributed by atoms with van der Waals surface area (Å²) in [6.07, 6.45) is 3.53. The summed E-state index contributed by atoms with van der Waals surface area (Å²) in [4.78, 5) is 4.11. The molecule has 1 unspecified atom stereocenters. The summed E-state index contributed by atoms with van der Waals surface area (Å²) in [7, 11) is 1.70. The predicted octanol–water partition coefficient (Wildman–Crippen LogP) is 2.75. The first-order valence-corrected chi connectivity index (χ1v) is 7.12. The largest absolute Gasteiger partial charge is 0.490 e. The van der Waals surface area contributed by atoms with Crippen LogP contribution in [0, 0.1) is 6.92 Å². The SMILES string of the molecule is COCCNC(COc1cnccc1C)c1ccccc1. The lowest BCUT2D eigenvalue weighted by Crippen LogP contribution is -2.29. The van der Waals surface area contributed by atoms with Crippen LogP contribution in [0.5, 0.6) is 5.75 Å². The fourth-order valence-corrected chi connectivity index (χ4v) is 2.07. The van der Waals surface area contributed by atoms with Crippen LogP contribution in [0.4, 0.5) is 0 Å². The number of pyridine rings is 1. The van der Waals surface area contributed by atoms with E-state index in [1.54, 1.807) is 19.5 Å². The highest BCUT2D eigenvalue weighted by Gasteiger charge is 2.12. The van der Waals surface area contributed by atoms with Gasteiger partial charge in [-0.05, 0) is 24.1 Å². The van der Waals surface area contributed by atoms with Crippen molar-refractivity contribution in [3.8, 4) is 5.75 Å². The average Bonchev–Trinajstić information content (AvgIpc) is 2.53. The molecule has 2 aromatic rings. The number of hydrogen-bond donors (Lipinski definition) is 1. The van der Waals surface area contributed by atoms with Gasteiger partial charge in [0.1, 0.15) is 12.4 Å². The van der Waals surface area contributed by atoms with Gasteiger partial charge >= 0.3 is 0 Å². The summed E-state index contributed by atoms with van der Waals surface area (Å²) in [5.41, 5.74) is 2.30. The van der Waals surface area contributed by atoms with E-state index >= 15 is 0 Å². The third-order valence-electron chi connectivity index (χ3n) is 3.30. The van der Waals surface area contributed by atoms with Crippen LogP contribution in [0.1, 0.15) is 17.2 Å². The molecule has 0 saturated heterocycles. The monoisotopic (exact) mass is 286 g/mol. The van der Waals surface area contributed by atoms with E-state index in [-0.39, 0.29) is 6.04 Å². The van der Waals surface area contributed by atoms with Crippen LogP contribution in [-0.4, -0.2) is 31.9 Å². The van der Waals surface area contributed by atoms with Crippen LogP contribution >= 0.6 is 0 Å². The number of ether oxygens (including phenoxy) is 2. The zero-order valence-corrected chi connectivity index (χ0v) is 12.6. The van der Waals surface area contributed by atoms with Crippen molar-refractivity contribution in [2.75, 3.05) is 26.9 Å². The lowest BCUT2D eigenvalue weighted by atomic mass is 10.1. The number of rotatable bonds is 8. The van der Waals surface area contributed by atoms with Crippen molar-refractivity contribution in [2.45, 2.75) is 13.0 Å². The zero-order valence-electron chi connectivity index (χ0n) is 12.6. The Morgan fingerprint density at radius 2 is 2.00 bits per heavy atom. The molecule has 0 spiro atoms. The van der Waals surface area contributed by atoms with Crippen LogP contribution in [0.25, 0.3) is 0 Å². The van der Waals surface area contributed by atoms with Crippen LogP contribution < -0.4 is 10.1 Å². The van der Waals surface area contributed by atoms with Crippen molar-refractivity contribution in [1.29, 1.82) is 0 Å². The topological polar surface area (TPSA) is 43.4 Å². The molecule has 21 heavy (non-hydrogen) atoms. The third-order valence-corrected chi connectivity index (χ3v) is 3.30. The molecule has 0 radical (unpaired) electrons. The maximum absolute atomic E-state index is 5.92. The molecule has 0 aliphatic rings. The number of nitrogens with zero attached hydrogens (tertiary/aromatic N) is 1. The number of nitrogens with one attached hydrogen (secondary N) is 1. The van der Waals surface area contributed by atoms with Gasteiger partial charge in [0.05, 0.1) is 18.8 Å². The number of methoxy groups -OCH3 is 1. The van der Waals surface area contributed by atoms with E-state index in [4.69, 9.17) is 9.47 Å². The van der Waals surface area contributed by atoms with Crippen LogP contribution in [0.15, 0.2) is 48.8 Å². The molecule has 0 aliphatic heterocycles. The Balaban J connectivity index is 2.00. The molecule has 0 aliphatic carbocycles. The second-order valence-corrected chi connectivity index (χ2v) is 4.86. The molecule has 112 valence electrons. The van der Waals surface area contributed by atoms with Crippen molar-refractivity contribution in [3.05, 3.63) is 59.9 Å². The van der Waals surface area contributed by atoms with E-state index in [0.29, 0.717) is 13.2 Å². The Labute approximate surface area is 126 Å². The van der Waals surface area contributed by atoms with Gasteiger partial charge in [0.15, 0.2) is 0 Å². The fourth-order valence-electron chi connectivity index (χ4n) is 2.07. The van der Waals surface area contributed by atoms with Gasteiger partial charge in [0.2, 0.25) is 0 Å². The maximum atomic E-state index is 5.92. The first-order valence-electron chi connectivity index (χ1n) is 7.12. The molecule has 2 rings (SSSR count). The molecular weight excluding hydrogens is 264 g/mol. The standard InChI is InChI=1S/C17H22N2O2/c1-14-8-9-18-12-17(14)21-13-16(19-10-11-20-2)15-6-4-3-5-7-15/h3-9,12,16,19H,10-11,13H2,1-2H3. The minimum absolute atomic E-state index is 0.126. The van der Waals surface area contributed by atoms with Crippen LogP contribution in [0.3, 0.4) is 0 Å². The maximum Gasteiger partial charge on any atom is 0.140 e. The summed E-state index contributed by atoms with van der Waals surface area (Å²) in [6.45, 7) is 4.04. The van der Waals surface area contributed by atoms with E-state index in [9.17, 15) is 0 Å². The molecule has 4 nitrogen and oxygen atoms in total. The predicted molar refractivity (Wildman–Crippen MR) is 83.5 cm³/mol. The molecule has 1 aromatic heterocycles. The Bertz CT molecular complexity index is 531. The highest BCUT2D eigenvalue weighted by atomic mass is 16.5. The average molecular weight is 286 g/mol. The Morgan fingerprint density at radius 3 is 2.71 bits per heavy atom. The van der Waals surface area contributed by atoms with Gasteiger partial charge in [-0.3, -0.25) is 4.98 Å². The van der Waals surface area contributed by atoms with E-state index < -0.39 is 0 Å². The minimum atomic E-state index is 0.126. The molecule has 1 N–H and O–H groups in total. The molecular formula is C17H22N2O2. The van der Waals surface area contributed by atoms with Crippen molar-refractivity contribution in [3.63, 3.8) is 0 Å². The van der Waals surface area contributed by atoms with Crippen LogP contribution in [-0.2, 0) is 4.74 Å². The third kappa shape index (κ3) is 4.85. The van der Waals surface area contributed by atoms with Gasteiger partial charge < -0.3 is 14.8 Å². The number of hydrogen-bond acceptors (Lipinski definition) is 4. The smallest absolute Gasteiger partial charge is 0.140 e. The lowest BCUT2D eigenvalue weighted by molar-refractivity contribution is 0.187. The molecule has 0 fully saturated rings. The van der Waals surface area contributed by atoms with E-state index in [2.05, 4.69) is 22.4 Å². The summed E-state index contributed by atoms with van der Waals surface area (Å²) in [5, 5.41) is 3.46. The van der Waals surface area contributed by atoms with Crippen molar-refractivity contribution in [1.82, 2.24) is 10.3 Å². The number of aryl methyl sites for hydroxylation is 1. The second kappa shape index (κ2) is 8.39. The van der Waals surface area contributed by atoms with E-state index in [0.717, 1.165) is 17.9 Å². The minimum Gasteiger partial charge on any atom is -0.490 e. The zero-order chi connectivity index (χ0) is 14.9. The quantitative estimate of drug-likeness (QED) is 0.758. The molecule has 1 heterocycles. The molecule has 0 amide bonds. The normalized spacial score (nSPS) is 12.1. The van der Waals surface area contributed by atoms with E-state index in [1.165, 1.54) is 5.56 Å². The van der Waals surface area contributed by atoms with Crippen molar-refractivity contribution in [2.24, 2.45) is 0 Å². The fraction of sp³-hybridized carbons (Fsp3) is 0.353. The molecule has 1 aromatic carbocycles. The van der Waals surface area contributed by atoms with E-state index in [1.807, 2.05) is 31.2 Å². The van der Waals surface area contributed by atoms with Gasteiger partial charge in [-0.25, -0.2) is 0 Å². The highest BCUT2D eigenvalue weighted by molar-refractivity contribution is 5.28. The number of aromatic nitrogens is 1. The summed E-state index contributed by atoms with van der Waals surface area (Å²) in [6, 6.07) is 12.4. The van der Waals surface area contributed by atoms with Crippen LogP contribution in [0.2, 0.25) is 0 Å².